The molecule has 0 aliphatic rings. The minimum Gasteiger partial charge on any atom is -0.379 e. The number of rotatable bonds is 4. The van der Waals surface area contributed by atoms with E-state index in [1.807, 2.05) is 0 Å². The van der Waals surface area contributed by atoms with E-state index in [0.717, 1.165) is 6.07 Å². The van der Waals surface area contributed by atoms with Gasteiger partial charge in [-0.25, -0.2) is 8.78 Å². The highest BCUT2D eigenvalue weighted by Gasteiger charge is 2.13. The fourth-order valence-electron chi connectivity index (χ4n) is 1.65. The van der Waals surface area contributed by atoms with Crippen molar-refractivity contribution in [2.45, 2.75) is 6.54 Å². The topological polar surface area (TPSA) is 55.2 Å². The summed E-state index contributed by atoms with van der Waals surface area (Å²) < 4.78 is 26.4. The zero-order valence-electron chi connectivity index (χ0n) is 10.1. The summed E-state index contributed by atoms with van der Waals surface area (Å²) in [5.74, 6) is -1.95. The first-order valence-corrected chi connectivity index (χ1v) is 5.97. The SMILES string of the molecule is O=[N+]([O-])c1cc(CNc2cccc(F)c2F)ccc1Cl. The molecule has 20 heavy (non-hydrogen) atoms. The Hall–Kier alpha value is -2.21. The van der Waals surface area contributed by atoms with Crippen LogP contribution >= 0.6 is 11.6 Å². The van der Waals surface area contributed by atoms with E-state index in [0.29, 0.717) is 5.56 Å². The third-order valence-electron chi connectivity index (χ3n) is 2.64. The van der Waals surface area contributed by atoms with Crippen molar-refractivity contribution in [2.24, 2.45) is 0 Å². The molecular formula is C13H9ClF2N2O2. The standard InChI is InChI=1S/C13H9ClF2N2O2/c14-9-5-4-8(6-12(9)18(19)20)7-17-11-3-1-2-10(15)13(11)16/h1-6,17H,7H2. The monoisotopic (exact) mass is 298 g/mol. The van der Waals surface area contributed by atoms with Crippen LogP contribution in [-0.4, -0.2) is 4.92 Å². The largest absolute Gasteiger partial charge is 0.379 e. The van der Waals surface area contributed by atoms with Crippen LogP contribution in [0.3, 0.4) is 0 Å². The number of halogens is 3. The minimum absolute atomic E-state index is 0.0115. The molecular weight excluding hydrogens is 290 g/mol. The van der Waals surface area contributed by atoms with Crippen molar-refractivity contribution in [2.75, 3.05) is 5.32 Å². The second-order valence-corrected chi connectivity index (χ2v) is 4.41. The van der Waals surface area contributed by atoms with Gasteiger partial charge in [0.2, 0.25) is 0 Å². The maximum absolute atomic E-state index is 13.4. The predicted octanol–water partition coefficient (Wildman–Crippen LogP) is 4.14. The average Bonchev–Trinajstić information content (AvgIpc) is 2.41. The smallest absolute Gasteiger partial charge is 0.288 e. The van der Waals surface area contributed by atoms with E-state index in [1.165, 1.54) is 24.3 Å². The van der Waals surface area contributed by atoms with E-state index in [2.05, 4.69) is 5.32 Å². The summed E-state index contributed by atoms with van der Waals surface area (Å²) in [5.41, 5.74) is 0.290. The van der Waals surface area contributed by atoms with Gasteiger partial charge < -0.3 is 5.32 Å². The summed E-state index contributed by atoms with van der Waals surface area (Å²) in [6.45, 7) is 0.110. The highest BCUT2D eigenvalue weighted by Crippen LogP contribution is 2.25. The molecule has 2 rings (SSSR count). The third kappa shape index (κ3) is 3.03. The number of anilines is 1. The van der Waals surface area contributed by atoms with Crippen LogP contribution in [0.25, 0.3) is 0 Å². The number of nitrogens with zero attached hydrogens (tertiary/aromatic N) is 1. The molecule has 1 N–H and O–H groups in total. The van der Waals surface area contributed by atoms with Gasteiger partial charge in [0, 0.05) is 12.6 Å². The molecule has 0 amide bonds. The van der Waals surface area contributed by atoms with Gasteiger partial charge in [0.25, 0.3) is 5.69 Å². The lowest BCUT2D eigenvalue weighted by Gasteiger charge is -2.08. The van der Waals surface area contributed by atoms with Crippen molar-refractivity contribution in [3.63, 3.8) is 0 Å². The van der Waals surface area contributed by atoms with E-state index in [-0.39, 0.29) is 22.9 Å². The summed E-state index contributed by atoms with van der Waals surface area (Å²) in [5, 5.41) is 13.4. The van der Waals surface area contributed by atoms with Gasteiger partial charge in [0.15, 0.2) is 11.6 Å². The second kappa shape index (κ2) is 5.83. The van der Waals surface area contributed by atoms with Gasteiger partial charge in [-0.3, -0.25) is 10.1 Å². The third-order valence-corrected chi connectivity index (χ3v) is 2.96. The highest BCUT2D eigenvalue weighted by atomic mass is 35.5. The molecule has 0 spiro atoms. The summed E-state index contributed by atoms with van der Waals surface area (Å²) in [7, 11) is 0. The molecule has 4 nitrogen and oxygen atoms in total. The van der Waals surface area contributed by atoms with E-state index in [4.69, 9.17) is 11.6 Å². The molecule has 2 aromatic rings. The molecule has 0 saturated carbocycles. The number of benzene rings is 2. The van der Waals surface area contributed by atoms with Crippen LogP contribution in [0.4, 0.5) is 20.2 Å². The van der Waals surface area contributed by atoms with E-state index < -0.39 is 16.6 Å². The van der Waals surface area contributed by atoms with Crippen LogP contribution in [0.1, 0.15) is 5.56 Å². The molecule has 104 valence electrons. The molecule has 0 saturated heterocycles. The zero-order valence-corrected chi connectivity index (χ0v) is 10.8. The van der Waals surface area contributed by atoms with Crippen LogP contribution in [0, 0.1) is 21.7 Å². The molecule has 7 heteroatoms. The van der Waals surface area contributed by atoms with Crippen molar-refractivity contribution in [3.05, 3.63) is 68.7 Å². The molecule has 0 unspecified atom stereocenters. The predicted molar refractivity (Wildman–Crippen MR) is 71.8 cm³/mol. The van der Waals surface area contributed by atoms with Crippen LogP contribution in [0.2, 0.25) is 5.02 Å². The Morgan fingerprint density at radius 3 is 2.70 bits per heavy atom. The van der Waals surface area contributed by atoms with Crippen molar-refractivity contribution >= 4 is 23.0 Å². The maximum atomic E-state index is 13.4. The van der Waals surface area contributed by atoms with Crippen molar-refractivity contribution < 1.29 is 13.7 Å². The Morgan fingerprint density at radius 1 is 1.25 bits per heavy atom. The van der Waals surface area contributed by atoms with Crippen molar-refractivity contribution in [1.29, 1.82) is 0 Å². The van der Waals surface area contributed by atoms with Gasteiger partial charge in [0.05, 0.1) is 10.6 Å². The van der Waals surface area contributed by atoms with E-state index in [1.54, 1.807) is 6.07 Å². The molecule has 0 fully saturated rings. The Bertz CT molecular complexity index is 665. The molecule has 0 aliphatic carbocycles. The highest BCUT2D eigenvalue weighted by molar-refractivity contribution is 6.32. The first-order chi connectivity index (χ1) is 9.49. The summed E-state index contributed by atoms with van der Waals surface area (Å²) >= 11 is 5.68. The van der Waals surface area contributed by atoms with Gasteiger partial charge >= 0.3 is 0 Å². The molecule has 2 aromatic carbocycles. The number of hydrogen-bond donors (Lipinski definition) is 1. The normalized spacial score (nSPS) is 10.3. The molecule has 0 atom stereocenters. The average molecular weight is 299 g/mol. The first-order valence-electron chi connectivity index (χ1n) is 5.59. The van der Waals surface area contributed by atoms with Crippen molar-refractivity contribution in [1.82, 2.24) is 0 Å². The number of hydrogen-bond acceptors (Lipinski definition) is 3. The number of nitrogens with one attached hydrogen (secondary N) is 1. The minimum atomic E-state index is -0.990. The Morgan fingerprint density at radius 2 is 2.00 bits per heavy atom. The quantitative estimate of drug-likeness (QED) is 0.682. The van der Waals surface area contributed by atoms with Crippen LogP contribution in [0.5, 0.6) is 0 Å². The maximum Gasteiger partial charge on any atom is 0.288 e. The molecule has 0 heterocycles. The van der Waals surface area contributed by atoms with Crippen LogP contribution < -0.4 is 5.32 Å². The fraction of sp³-hybridized carbons (Fsp3) is 0.0769. The van der Waals surface area contributed by atoms with E-state index >= 15 is 0 Å². The summed E-state index contributed by atoms with van der Waals surface area (Å²) in [6, 6.07) is 7.99. The molecule has 0 bridgehead atoms. The summed E-state index contributed by atoms with van der Waals surface area (Å²) in [6.07, 6.45) is 0. The van der Waals surface area contributed by atoms with Crippen LogP contribution in [0.15, 0.2) is 36.4 Å². The lowest BCUT2D eigenvalue weighted by molar-refractivity contribution is -0.384. The fourth-order valence-corrected chi connectivity index (χ4v) is 1.83. The van der Waals surface area contributed by atoms with Crippen molar-refractivity contribution in [3.8, 4) is 0 Å². The Kier molecular flexibility index (Phi) is 4.14. The van der Waals surface area contributed by atoms with Gasteiger partial charge in [-0.05, 0) is 23.8 Å². The lowest BCUT2D eigenvalue weighted by atomic mass is 10.2. The molecule has 0 radical (unpaired) electrons. The zero-order chi connectivity index (χ0) is 14.7. The summed E-state index contributed by atoms with van der Waals surface area (Å²) in [4.78, 5) is 10.1. The number of nitro benzene ring substituents is 1. The van der Waals surface area contributed by atoms with Gasteiger partial charge in [-0.15, -0.1) is 0 Å². The van der Waals surface area contributed by atoms with Crippen LogP contribution in [-0.2, 0) is 6.54 Å². The first kappa shape index (κ1) is 14.2. The molecule has 0 aromatic heterocycles. The Labute approximate surface area is 118 Å². The Balaban J connectivity index is 2.17. The molecule has 0 aliphatic heterocycles. The second-order valence-electron chi connectivity index (χ2n) is 4.00. The number of nitro groups is 1. The van der Waals surface area contributed by atoms with E-state index in [9.17, 15) is 18.9 Å². The van der Waals surface area contributed by atoms with Gasteiger partial charge in [0.1, 0.15) is 5.02 Å². The lowest BCUT2D eigenvalue weighted by Crippen LogP contribution is -2.03. The van der Waals surface area contributed by atoms with Gasteiger partial charge in [-0.2, -0.15) is 0 Å². The van der Waals surface area contributed by atoms with Gasteiger partial charge in [-0.1, -0.05) is 23.7 Å².